The average molecular weight is 253 g/mol. The molecular formula is C11H15N3O2S. The Bertz CT molecular complexity index is 441. The first-order chi connectivity index (χ1) is 8.31. The molecule has 2 N–H and O–H groups in total. The predicted molar refractivity (Wildman–Crippen MR) is 65.6 cm³/mol. The molecule has 0 spiro atoms. The Balaban J connectivity index is 1.98. The molecule has 5 nitrogen and oxygen atoms in total. The fraction of sp³-hybridized carbons (Fsp3) is 0.455. The number of hydrogen-bond donors (Lipinski definition) is 1. The second-order valence-corrected chi connectivity index (χ2v) is 4.62. The molecule has 0 aliphatic rings. The second-order valence-electron chi connectivity index (χ2n) is 3.68. The molecule has 92 valence electrons. The van der Waals surface area contributed by atoms with E-state index in [2.05, 4.69) is 10.1 Å². The fourth-order valence-electron chi connectivity index (χ4n) is 1.46. The molecule has 2 aromatic rings. The van der Waals surface area contributed by atoms with Gasteiger partial charge in [0.1, 0.15) is 0 Å². The van der Waals surface area contributed by atoms with E-state index < -0.39 is 0 Å². The minimum Gasteiger partial charge on any atom is -0.385 e. The van der Waals surface area contributed by atoms with Gasteiger partial charge in [0.15, 0.2) is 0 Å². The third kappa shape index (κ3) is 3.12. The SMILES string of the molecule is COCCCC(N)c1nc(-c2cccs2)no1. The second kappa shape index (κ2) is 5.90. The van der Waals surface area contributed by atoms with E-state index in [1.165, 1.54) is 0 Å². The Morgan fingerprint density at radius 2 is 2.47 bits per heavy atom. The van der Waals surface area contributed by atoms with E-state index >= 15 is 0 Å². The summed E-state index contributed by atoms with van der Waals surface area (Å²) < 4.78 is 10.1. The van der Waals surface area contributed by atoms with Crippen LogP contribution in [0.15, 0.2) is 22.0 Å². The van der Waals surface area contributed by atoms with Crippen LogP contribution in [0.2, 0.25) is 0 Å². The van der Waals surface area contributed by atoms with E-state index in [-0.39, 0.29) is 6.04 Å². The zero-order chi connectivity index (χ0) is 12.1. The summed E-state index contributed by atoms with van der Waals surface area (Å²) in [5.74, 6) is 1.10. The number of nitrogens with two attached hydrogens (primary N) is 1. The Morgan fingerprint density at radius 3 is 3.18 bits per heavy atom. The Hall–Kier alpha value is -1.24. The van der Waals surface area contributed by atoms with Crippen molar-refractivity contribution >= 4 is 11.3 Å². The van der Waals surface area contributed by atoms with Gasteiger partial charge < -0.3 is 15.0 Å². The topological polar surface area (TPSA) is 74.2 Å². The molecule has 1 atom stereocenters. The minimum absolute atomic E-state index is 0.216. The molecule has 0 bridgehead atoms. The van der Waals surface area contributed by atoms with E-state index in [1.807, 2.05) is 17.5 Å². The lowest BCUT2D eigenvalue weighted by molar-refractivity contribution is 0.188. The van der Waals surface area contributed by atoms with Gasteiger partial charge in [-0.25, -0.2) is 0 Å². The molecule has 0 fully saturated rings. The van der Waals surface area contributed by atoms with E-state index in [1.54, 1.807) is 18.4 Å². The van der Waals surface area contributed by atoms with Crippen molar-refractivity contribution in [2.24, 2.45) is 5.73 Å². The van der Waals surface area contributed by atoms with Gasteiger partial charge in [0.25, 0.3) is 0 Å². The zero-order valence-electron chi connectivity index (χ0n) is 9.63. The minimum atomic E-state index is -0.216. The lowest BCUT2D eigenvalue weighted by Crippen LogP contribution is -2.11. The largest absolute Gasteiger partial charge is 0.385 e. The highest BCUT2D eigenvalue weighted by molar-refractivity contribution is 7.13. The Kier molecular flexibility index (Phi) is 4.24. The average Bonchev–Trinajstić information content (AvgIpc) is 3.00. The maximum Gasteiger partial charge on any atom is 0.243 e. The van der Waals surface area contributed by atoms with Crippen molar-refractivity contribution in [2.75, 3.05) is 13.7 Å². The number of thiophene rings is 1. The van der Waals surface area contributed by atoms with Gasteiger partial charge in [-0.15, -0.1) is 11.3 Å². The molecule has 0 radical (unpaired) electrons. The number of rotatable bonds is 6. The van der Waals surface area contributed by atoms with Crippen LogP contribution in [0.3, 0.4) is 0 Å². The van der Waals surface area contributed by atoms with Crippen LogP contribution >= 0.6 is 11.3 Å². The molecule has 0 aliphatic carbocycles. The zero-order valence-corrected chi connectivity index (χ0v) is 10.4. The van der Waals surface area contributed by atoms with Crippen molar-refractivity contribution in [1.29, 1.82) is 0 Å². The standard InChI is InChI=1S/C11H15N3O2S/c1-15-6-2-4-8(12)11-13-10(14-16-11)9-5-3-7-17-9/h3,5,7-8H,2,4,6,12H2,1H3. The molecule has 0 saturated carbocycles. The normalized spacial score (nSPS) is 12.8. The van der Waals surface area contributed by atoms with Crippen LogP contribution in [-0.4, -0.2) is 23.9 Å². The lowest BCUT2D eigenvalue weighted by atomic mass is 10.2. The lowest BCUT2D eigenvalue weighted by Gasteiger charge is -2.04. The molecule has 0 saturated heterocycles. The van der Waals surface area contributed by atoms with Crippen LogP contribution in [0.5, 0.6) is 0 Å². The fourth-order valence-corrected chi connectivity index (χ4v) is 2.11. The Morgan fingerprint density at radius 1 is 1.59 bits per heavy atom. The highest BCUT2D eigenvalue weighted by Gasteiger charge is 2.15. The molecule has 2 heterocycles. The van der Waals surface area contributed by atoms with Gasteiger partial charge in [0, 0.05) is 13.7 Å². The van der Waals surface area contributed by atoms with Crippen molar-refractivity contribution in [2.45, 2.75) is 18.9 Å². The first-order valence-corrected chi connectivity index (χ1v) is 6.31. The summed E-state index contributed by atoms with van der Waals surface area (Å²) in [6.45, 7) is 0.694. The monoisotopic (exact) mass is 253 g/mol. The van der Waals surface area contributed by atoms with Crippen LogP contribution < -0.4 is 5.73 Å². The predicted octanol–water partition coefficient (Wildman–Crippen LogP) is 2.22. The van der Waals surface area contributed by atoms with Gasteiger partial charge >= 0.3 is 0 Å². The van der Waals surface area contributed by atoms with Crippen molar-refractivity contribution in [1.82, 2.24) is 10.1 Å². The van der Waals surface area contributed by atoms with Crippen LogP contribution in [0.4, 0.5) is 0 Å². The third-order valence-electron chi connectivity index (χ3n) is 2.36. The number of methoxy groups -OCH3 is 1. The van der Waals surface area contributed by atoms with Gasteiger partial charge in [-0.05, 0) is 24.3 Å². The summed E-state index contributed by atoms with van der Waals surface area (Å²) in [6, 6.07) is 3.69. The van der Waals surface area contributed by atoms with Crippen LogP contribution in [-0.2, 0) is 4.74 Å². The summed E-state index contributed by atoms with van der Waals surface area (Å²) in [4.78, 5) is 5.29. The van der Waals surface area contributed by atoms with Crippen molar-refractivity contribution < 1.29 is 9.26 Å². The van der Waals surface area contributed by atoms with Crippen LogP contribution in [0, 0.1) is 0 Å². The number of nitrogens with zero attached hydrogens (tertiary/aromatic N) is 2. The van der Waals surface area contributed by atoms with E-state index in [0.717, 1.165) is 17.7 Å². The van der Waals surface area contributed by atoms with Crippen LogP contribution in [0.25, 0.3) is 10.7 Å². The van der Waals surface area contributed by atoms with Gasteiger partial charge in [-0.1, -0.05) is 11.2 Å². The summed E-state index contributed by atoms with van der Waals surface area (Å²) in [5.41, 5.74) is 5.95. The molecule has 0 amide bonds. The number of aromatic nitrogens is 2. The molecule has 6 heteroatoms. The van der Waals surface area contributed by atoms with Gasteiger partial charge in [0.05, 0.1) is 10.9 Å². The first kappa shape index (κ1) is 12.2. The summed E-state index contributed by atoms with van der Waals surface area (Å²) in [6.07, 6.45) is 1.66. The van der Waals surface area contributed by atoms with Gasteiger partial charge in [-0.3, -0.25) is 0 Å². The quantitative estimate of drug-likeness (QED) is 0.799. The number of hydrogen-bond acceptors (Lipinski definition) is 6. The maximum absolute atomic E-state index is 5.95. The van der Waals surface area contributed by atoms with Gasteiger partial charge in [-0.2, -0.15) is 4.98 Å². The molecular weight excluding hydrogens is 238 g/mol. The van der Waals surface area contributed by atoms with E-state index in [4.69, 9.17) is 15.0 Å². The summed E-state index contributed by atoms with van der Waals surface area (Å²) >= 11 is 1.58. The third-order valence-corrected chi connectivity index (χ3v) is 3.23. The molecule has 0 aliphatic heterocycles. The number of ether oxygens (including phenoxy) is 1. The molecule has 17 heavy (non-hydrogen) atoms. The van der Waals surface area contributed by atoms with Crippen molar-refractivity contribution in [3.8, 4) is 10.7 Å². The summed E-state index contributed by atoms with van der Waals surface area (Å²) in [5, 5.41) is 5.90. The first-order valence-electron chi connectivity index (χ1n) is 5.43. The highest BCUT2D eigenvalue weighted by Crippen LogP contribution is 2.23. The van der Waals surface area contributed by atoms with E-state index in [9.17, 15) is 0 Å². The van der Waals surface area contributed by atoms with E-state index in [0.29, 0.717) is 18.3 Å². The van der Waals surface area contributed by atoms with Crippen molar-refractivity contribution in [3.63, 3.8) is 0 Å². The molecule has 1 unspecified atom stereocenters. The molecule has 2 rings (SSSR count). The maximum atomic E-state index is 5.95. The Labute approximate surface area is 104 Å². The summed E-state index contributed by atoms with van der Waals surface area (Å²) in [7, 11) is 1.67. The van der Waals surface area contributed by atoms with Crippen LogP contribution in [0.1, 0.15) is 24.8 Å². The highest BCUT2D eigenvalue weighted by atomic mass is 32.1. The van der Waals surface area contributed by atoms with Crippen molar-refractivity contribution in [3.05, 3.63) is 23.4 Å². The van der Waals surface area contributed by atoms with Gasteiger partial charge in [0.2, 0.25) is 11.7 Å². The molecule has 2 aromatic heterocycles. The molecule has 0 aromatic carbocycles. The smallest absolute Gasteiger partial charge is 0.243 e.